The van der Waals surface area contributed by atoms with E-state index in [-0.39, 0.29) is 17.5 Å². The Morgan fingerprint density at radius 2 is 1.65 bits per heavy atom. The summed E-state index contributed by atoms with van der Waals surface area (Å²) in [5.41, 5.74) is 3.43. The third-order valence-electron chi connectivity index (χ3n) is 6.13. The summed E-state index contributed by atoms with van der Waals surface area (Å²) >= 11 is 6.38. The van der Waals surface area contributed by atoms with Gasteiger partial charge in [0.05, 0.1) is 11.3 Å². The Hall–Kier alpha value is -2.99. The van der Waals surface area contributed by atoms with Crippen LogP contribution in [0.25, 0.3) is 0 Å². The van der Waals surface area contributed by atoms with E-state index in [0.29, 0.717) is 29.4 Å². The van der Waals surface area contributed by atoms with Crippen LogP contribution in [0.4, 0.5) is 16.0 Å². The zero-order valence-electron chi connectivity index (χ0n) is 17.0. The lowest BCUT2D eigenvalue weighted by atomic mass is 9.82. The molecule has 1 aliphatic heterocycles. The van der Waals surface area contributed by atoms with Crippen molar-refractivity contribution in [1.82, 2.24) is 9.97 Å². The van der Waals surface area contributed by atoms with Gasteiger partial charge in [-0.3, -0.25) is 4.79 Å². The number of carbonyl (C=O) groups is 1. The second kappa shape index (κ2) is 8.27. The highest BCUT2D eigenvalue weighted by Crippen LogP contribution is 2.35. The number of anilines is 2. The fraction of sp³-hybridized carbons (Fsp3) is 0.292. The van der Waals surface area contributed by atoms with E-state index in [4.69, 9.17) is 16.6 Å². The van der Waals surface area contributed by atoms with Gasteiger partial charge in [0.15, 0.2) is 5.78 Å². The van der Waals surface area contributed by atoms with Crippen LogP contribution >= 0.6 is 11.6 Å². The lowest BCUT2D eigenvalue weighted by molar-refractivity contribution is 0.0962. The maximum absolute atomic E-state index is 13.2. The second-order valence-electron chi connectivity index (χ2n) is 8.03. The van der Waals surface area contributed by atoms with Gasteiger partial charge in [0.25, 0.3) is 0 Å². The summed E-state index contributed by atoms with van der Waals surface area (Å²) in [5, 5.41) is 0.690. The highest BCUT2D eigenvalue weighted by Gasteiger charge is 2.30. The van der Waals surface area contributed by atoms with Crippen LogP contribution < -0.4 is 9.80 Å². The van der Waals surface area contributed by atoms with Crippen molar-refractivity contribution in [3.8, 4) is 0 Å². The minimum atomic E-state index is -0.227. The highest BCUT2D eigenvalue weighted by molar-refractivity contribution is 6.31. The van der Waals surface area contributed by atoms with Gasteiger partial charge in [-0.05, 0) is 48.2 Å². The summed E-state index contributed by atoms with van der Waals surface area (Å²) in [6, 6.07) is 14.3. The standard InChI is InChI=1S/C24H22ClFN4O/c25-21-4-2-1-3-19(21)16-13-22-20(23(31)14-16)15-27-24(28-22)30-11-9-29(10-12-30)18-7-5-17(26)6-8-18/h1-8,15-16H,9-14H2/t16-/m1/s1. The topological polar surface area (TPSA) is 49.3 Å². The van der Waals surface area contributed by atoms with Crippen molar-refractivity contribution in [1.29, 1.82) is 0 Å². The number of ketones is 1. The van der Waals surface area contributed by atoms with Crippen LogP contribution in [0.2, 0.25) is 5.02 Å². The van der Waals surface area contributed by atoms with E-state index in [1.807, 2.05) is 24.3 Å². The van der Waals surface area contributed by atoms with Crippen molar-refractivity contribution >= 4 is 29.0 Å². The van der Waals surface area contributed by atoms with Gasteiger partial charge in [-0.15, -0.1) is 0 Å². The average Bonchev–Trinajstić information content (AvgIpc) is 2.79. The first-order valence-corrected chi connectivity index (χ1v) is 10.9. The van der Waals surface area contributed by atoms with Crippen molar-refractivity contribution in [3.63, 3.8) is 0 Å². The number of piperazine rings is 1. The third kappa shape index (κ3) is 4.00. The molecule has 1 saturated heterocycles. The number of aromatic nitrogens is 2. The lowest BCUT2D eigenvalue weighted by Gasteiger charge is -2.36. The van der Waals surface area contributed by atoms with Gasteiger partial charge in [-0.2, -0.15) is 0 Å². The molecule has 2 aromatic carbocycles. The molecule has 1 aliphatic carbocycles. The number of nitrogens with zero attached hydrogens (tertiary/aromatic N) is 4. The molecule has 0 spiro atoms. The summed E-state index contributed by atoms with van der Waals surface area (Å²) < 4.78 is 13.2. The maximum atomic E-state index is 13.2. The smallest absolute Gasteiger partial charge is 0.225 e. The van der Waals surface area contributed by atoms with Crippen LogP contribution in [0.5, 0.6) is 0 Å². The molecule has 7 heteroatoms. The molecule has 1 aromatic heterocycles. The van der Waals surface area contributed by atoms with E-state index in [0.717, 1.165) is 43.1 Å². The number of fused-ring (bicyclic) bond motifs is 1. The Balaban J connectivity index is 1.32. The molecule has 0 unspecified atom stereocenters. The van der Waals surface area contributed by atoms with Gasteiger partial charge in [-0.25, -0.2) is 14.4 Å². The van der Waals surface area contributed by atoms with E-state index < -0.39 is 0 Å². The Bertz CT molecular complexity index is 1110. The van der Waals surface area contributed by atoms with E-state index >= 15 is 0 Å². The zero-order chi connectivity index (χ0) is 21.4. The number of benzene rings is 2. The molecule has 0 bridgehead atoms. The number of rotatable bonds is 3. The van der Waals surface area contributed by atoms with Crippen molar-refractivity contribution < 1.29 is 9.18 Å². The maximum Gasteiger partial charge on any atom is 0.225 e. The van der Waals surface area contributed by atoms with Crippen LogP contribution in [0.3, 0.4) is 0 Å². The third-order valence-corrected chi connectivity index (χ3v) is 6.47. The van der Waals surface area contributed by atoms with Crippen molar-refractivity contribution in [2.75, 3.05) is 36.0 Å². The molecule has 2 heterocycles. The molecule has 0 saturated carbocycles. The van der Waals surface area contributed by atoms with E-state index in [1.165, 1.54) is 12.1 Å². The second-order valence-corrected chi connectivity index (χ2v) is 8.44. The van der Waals surface area contributed by atoms with Crippen molar-refractivity contribution in [3.05, 3.63) is 82.4 Å². The van der Waals surface area contributed by atoms with Crippen LogP contribution in [0, 0.1) is 5.82 Å². The molecule has 3 aromatic rings. The summed E-state index contributed by atoms with van der Waals surface area (Å²) in [7, 11) is 0. The minimum Gasteiger partial charge on any atom is -0.368 e. The SMILES string of the molecule is O=C1C[C@H](c2ccccc2Cl)Cc2nc(N3CCN(c4ccc(F)cc4)CC3)ncc21. The molecule has 5 nitrogen and oxygen atoms in total. The molecule has 0 amide bonds. The van der Waals surface area contributed by atoms with Crippen LogP contribution in [-0.4, -0.2) is 41.9 Å². The molecular weight excluding hydrogens is 415 g/mol. The molecule has 2 aliphatic rings. The predicted octanol–water partition coefficient (Wildman–Crippen LogP) is 4.51. The molecule has 31 heavy (non-hydrogen) atoms. The first-order valence-electron chi connectivity index (χ1n) is 10.5. The number of Topliss-reactive ketones (excluding diaryl/α,β-unsaturated/α-hetero) is 1. The van der Waals surface area contributed by atoms with E-state index in [9.17, 15) is 9.18 Å². The van der Waals surface area contributed by atoms with Crippen LogP contribution in [-0.2, 0) is 6.42 Å². The summed E-state index contributed by atoms with van der Waals surface area (Å²) in [6.07, 6.45) is 2.78. The van der Waals surface area contributed by atoms with Gasteiger partial charge in [0, 0.05) is 49.5 Å². The first kappa shape index (κ1) is 19.9. The van der Waals surface area contributed by atoms with Gasteiger partial charge in [0.1, 0.15) is 5.82 Å². The predicted molar refractivity (Wildman–Crippen MR) is 120 cm³/mol. The summed E-state index contributed by atoms with van der Waals surface area (Å²) in [5.74, 6) is 0.533. The molecule has 158 valence electrons. The van der Waals surface area contributed by atoms with Crippen LogP contribution in [0.15, 0.2) is 54.7 Å². The normalized spacial score (nSPS) is 18.8. The number of carbonyl (C=O) groups excluding carboxylic acids is 1. The molecular formula is C24H22ClFN4O. The molecule has 1 atom stereocenters. The largest absolute Gasteiger partial charge is 0.368 e. The number of hydrogen-bond acceptors (Lipinski definition) is 5. The Kier molecular flexibility index (Phi) is 5.32. The van der Waals surface area contributed by atoms with Gasteiger partial charge < -0.3 is 9.80 Å². The summed E-state index contributed by atoms with van der Waals surface area (Å²) in [4.78, 5) is 26.4. The zero-order valence-corrected chi connectivity index (χ0v) is 17.7. The van der Waals surface area contributed by atoms with E-state index in [2.05, 4.69) is 14.8 Å². The fourth-order valence-electron chi connectivity index (χ4n) is 4.43. The quantitative estimate of drug-likeness (QED) is 0.604. The fourth-order valence-corrected chi connectivity index (χ4v) is 4.72. The first-order chi connectivity index (χ1) is 15.1. The molecule has 0 N–H and O–H groups in total. The van der Waals surface area contributed by atoms with E-state index in [1.54, 1.807) is 18.3 Å². The van der Waals surface area contributed by atoms with Gasteiger partial charge in [-0.1, -0.05) is 29.8 Å². The molecule has 1 fully saturated rings. The Morgan fingerprint density at radius 1 is 0.935 bits per heavy atom. The number of hydrogen-bond donors (Lipinski definition) is 0. The lowest BCUT2D eigenvalue weighted by Crippen LogP contribution is -2.47. The molecule has 0 radical (unpaired) electrons. The summed E-state index contributed by atoms with van der Waals surface area (Å²) in [6.45, 7) is 3.12. The van der Waals surface area contributed by atoms with Gasteiger partial charge in [0.2, 0.25) is 5.95 Å². The van der Waals surface area contributed by atoms with Gasteiger partial charge >= 0.3 is 0 Å². The monoisotopic (exact) mass is 436 g/mol. The Labute approximate surface area is 185 Å². The van der Waals surface area contributed by atoms with Crippen molar-refractivity contribution in [2.24, 2.45) is 0 Å². The van der Waals surface area contributed by atoms with Crippen LogP contribution in [0.1, 0.15) is 34.0 Å². The molecule has 5 rings (SSSR count). The minimum absolute atomic E-state index is 0.0340. The Morgan fingerprint density at radius 3 is 2.39 bits per heavy atom. The number of halogens is 2. The average molecular weight is 437 g/mol. The van der Waals surface area contributed by atoms with Crippen molar-refractivity contribution in [2.45, 2.75) is 18.8 Å². The highest BCUT2D eigenvalue weighted by atomic mass is 35.5.